The zero-order valence-corrected chi connectivity index (χ0v) is 10.2. The molecule has 0 saturated heterocycles. The Balaban J connectivity index is 2.14. The Morgan fingerprint density at radius 3 is 2.88 bits per heavy atom. The lowest BCUT2D eigenvalue weighted by atomic mass is 10.1. The number of aromatic carboxylic acids is 1. The van der Waals surface area contributed by atoms with Crippen LogP contribution in [0.3, 0.4) is 0 Å². The first-order valence-electron chi connectivity index (χ1n) is 5.16. The van der Waals surface area contributed by atoms with Crippen LogP contribution in [0, 0.1) is 6.92 Å². The van der Waals surface area contributed by atoms with Crippen LogP contribution in [0.25, 0.3) is 0 Å². The van der Waals surface area contributed by atoms with E-state index in [2.05, 4.69) is 0 Å². The highest BCUT2D eigenvalue weighted by atomic mass is 32.1. The summed E-state index contributed by atoms with van der Waals surface area (Å²) in [6.45, 7) is 2.37. The van der Waals surface area contributed by atoms with Crippen LogP contribution in [0.4, 0.5) is 0 Å². The summed E-state index contributed by atoms with van der Waals surface area (Å²) in [4.78, 5) is 12.0. The first-order valence-corrected chi connectivity index (χ1v) is 6.04. The molecule has 88 valence electrons. The molecule has 0 radical (unpaired) electrons. The molecule has 1 aromatic heterocycles. The van der Waals surface area contributed by atoms with E-state index in [9.17, 15) is 4.79 Å². The molecule has 3 nitrogen and oxygen atoms in total. The van der Waals surface area contributed by atoms with Gasteiger partial charge in [-0.25, -0.2) is 4.79 Å². The first kappa shape index (κ1) is 11.7. The van der Waals surface area contributed by atoms with Gasteiger partial charge in [0.1, 0.15) is 12.4 Å². The van der Waals surface area contributed by atoms with E-state index in [-0.39, 0.29) is 5.56 Å². The van der Waals surface area contributed by atoms with Gasteiger partial charge in [0, 0.05) is 4.88 Å². The minimum Gasteiger partial charge on any atom is -0.488 e. The second-order valence-corrected chi connectivity index (χ2v) is 4.69. The lowest BCUT2D eigenvalue weighted by molar-refractivity contribution is 0.0696. The molecule has 0 amide bonds. The summed E-state index contributed by atoms with van der Waals surface area (Å²) >= 11 is 1.62. The van der Waals surface area contributed by atoms with Crippen molar-refractivity contribution in [3.05, 3.63) is 51.7 Å². The average Bonchev–Trinajstić information content (AvgIpc) is 2.80. The van der Waals surface area contributed by atoms with E-state index in [0.717, 1.165) is 10.4 Å². The van der Waals surface area contributed by atoms with Crippen molar-refractivity contribution in [1.29, 1.82) is 0 Å². The highest BCUT2D eigenvalue weighted by Gasteiger charge is 2.07. The van der Waals surface area contributed by atoms with Crippen molar-refractivity contribution >= 4 is 17.3 Å². The van der Waals surface area contributed by atoms with Gasteiger partial charge in [-0.1, -0.05) is 12.1 Å². The second-order valence-electron chi connectivity index (χ2n) is 3.65. The number of aryl methyl sites for hydroxylation is 1. The minimum atomic E-state index is -0.939. The zero-order valence-electron chi connectivity index (χ0n) is 9.34. The summed E-state index contributed by atoms with van der Waals surface area (Å²) in [6.07, 6.45) is 0. The standard InChI is InChI=1S/C13H12O3S/c1-9-4-5-10(13(14)15)7-12(9)16-8-11-3-2-6-17-11/h2-7H,8H2,1H3,(H,14,15). The fraction of sp³-hybridized carbons (Fsp3) is 0.154. The van der Waals surface area contributed by atoms with Crippen molar-refractivity contribution in [3.63, 3.8) is 0 Å². The molecule has 4 heteroatoms. The molecule has 0 bridgehead atoms. The number of thiophene rings is 1. The van der Waals surface area contributed by atoms with E-state index in [0.29, 0.717) is 12.4 Å². The number of carboxylic acid groups (broad SMARTS) is 1. The van der Waals surface area contributed by atoms with Crippen molar-refractivity contribution < 1.29 is 14.6 Å². The lowest BCUT2D eigenvalue weighted by Crippen LogP contribution is -2.00. The van der Waals surface area contributed by atoms with Gasteiger partial charge < -0.3 is 9.84 Å². The number of benzene rings is 1. The molecular weight excluding hydrogens is 236 g/mol. The third kappa shape index (κ3) is 2.85. The Hall–Kier alpha value is -1.81. The predicted octanol–water partition coefficient (Wildman–Crippen LogP) is 3.33. The van der Waals surface area contributed by atoms with Crippen LogP contribution in [-0.2, 0) is 6.61 Å². The first-order chi connectivity index (χ1) is 8.16. The smallest absolute Gasteiger partial charge is 0.335 e. The Labute approximate surface area is 103 Å². The second kappa shape index (κ2) is 5.01. The highest BCUT2D eigenvalue weighted by molar-refractivity contribution is 7.09. The average molecular weight is 248 g/mol. The van der Waals surface area contributed by atoms with E-state index in [1.165, 1.54) is 0 Å². The van der Waals surface area contributed by atoms with E-state index < -0.39 is 5.97 Å². The zero-order chi connectivity index (χ0) is 12.3. The van der Waals surface area contributed by atoms with E-state index in [1.807, 2.05) is 24.4 Å². The van der Waals surface area contributed by atoms with Crippen LogP contribution in [0.2, 0.25) is 0 Å². The van der Waals surface area contributed by atoms with Gasteiger partial charge in [0.25, 0.3) is 0 Å². The molecule has 0 atom stereocenters. The topological polar surface area (TPSA) is 46.5 Å². The Morgan fingerprint density at radius 1 is 1.41 bits per heavy atom. The van der Waals surface area contributed by atoms with Crippen molar-refractivity contribution in [2.75, 3.05) is 0 Å². The Kier molecular flexibility index (Phi) is 3.44. The maximum absolute atomic E-state index is 10.8. The van der Waals surface area contributed by atoms with Crippen molar-refractivity contribution in [3.8, 4) is 5.75 Å². The molecule has 0 aliphatic carbocycles. The third-order valence-corrected chi connectivity index (χ3v) is 3.24. The summed E-state index contributed by atoms with van der Waals surface area (Å²) in [6, 6.07) is 8.85. The van der Waals surface area contributed by atoms with Crippen LogP contribution >= 0.6 is 11.3 Å². The maximum atomic E-state index is 10.8. The van der Waals surface area contributed by atoms with E-state index in [4.69, 9.17) is 9.84 Å². The number of hydrogen-bond donors (Lipinski definition) is 1. The van der Waals surface area contributed by atoms with Crippen molar-refractivity contribution in [2.24, 2.45) is 0 Å². The Morgan fingerprint density at radius 2 is 2.24 bits per heavy atom. The SMILES string of the molecule is Cc1ccc(C(=O)O)cc1OCc1cccs1. The summed E-state index contributed by atoms with van der Waals surface area (Å²) in [5.41, 5.74) is 1.18. The summed E-state index contributed by atoms with van der Waals surface area (Å²) in [5.74, 6) is -0.315. The van der Waals surface area contributed by atoms with Crippen molar-refractivity contribution in [1.82, 2.24) is 0 Å². The number of carboxylic acids is 1. The van der Waals surface area contributed by atoms with Gasteiger partial charge in [0.15, 0.2) is 0 Å². The molecule has 0 aliphatic rings. The van der Waals surface area contributed by atoms with Crippen LogP contribution in [0.1, 0.15) is 20.8 Å². The fourth-order valence-electron chi connectivity index (χ4n) is 1.43. The summed E-state index contributed by atoms with van der Waals surface area (Å²) in [5, 5.41) is 10.9. The number of hydrogen-bond acceptors (Lipinski definition) is 3. The molecule has 0 unspecified atom stereocenters. The van der Waals surface area contributed by atoms with E-state index >= 15 is 0 Å². The molecule has 2 aromatic rings. The van der Waals surface area contributed by atoms with E-state index in [1.54, 1.807) is 29.5 Å². The van der Waals surface area contributed by atoms with Crippen LogP contribution in [-0.4, -0.2) is 11.1 Å². The molecule has 1 N–H and O–H groups in total. The summed E-state index contributed by atoms with van der Waals surface area (Å²) < 4.78 is 5.62. The highest BCUT2D eigenvalue weighted by Crippen LogP contribution is 2.21. The molecular formula is C13H12O3S. The molecule has 0 saturated carbocycles. The maximum Gasteiger partial charge on any atom is 0.335 e. The molecule has 0 aliphatic heterocycles. The molecule has 0 fully saturated rings. The number of ether oxygens (including phenoxy) is 1. The fourth-order valence-corrected chi connectivity index (χ4v) is 2.05. The van der Waals surface area contributed by atoms with Gasteiger partial charge in [-0.05, 0) is 36.1 Å². The molecule has 2 rings (SSSR count). The molecule has 0 spiro atoms. The van der Waals surface area contributed by atoms with Crippen LogP contribution in [0.15, 0.2) is 35.7 Å². The normalized spacial score (nSPS) is 10.2. The lowest BCUT2D eigenvalue weighted by Gasteiger charge is -2.08. The van der Waals surface area contributed by atoms with Crippen LogP contribution < -0.4 is 4.74 Å². The molecule has 17 heavy (non-hydrogen) atoms. The van der Waals surface area contributed by atoms with Crippen LogP contribution in [0.5, 0.6) is 5.75 Å². The minimum absolute atomic E-state index is 0.247. The number of carbonyl (C=O) groups is 1. The molecule has 1 aromatic carbocycles. The quantitative estimate of drug-likeness (QED) is 0.902. The summed E-state index contributed by atoms with van der Waals surface area (Å²) in [7, 11) is 0. The Bertz CT molecular complexity index is 517. The monoisotopic (exact) mass is 248 g/mol. The molecule has 1 heterocycles. The predicted molar refractivity (Wildman–Crippen MR) is 66.8 cm³/mol. The van der Waals surface area contributed by atoms with Gasteiger partial charge in [0.05, 0.1) is 5.56 Å². The third-order valence-electron chi connectivity index (χ3n) is 2.39. The largest absolute Gasteiger partial charge is 0.488 e. The number of rotatable bonds is 4. The van der Waals surface area contributed by atoms with Gasteiger partial charge in [0.2, 0.25) is 0 Å². The van der Waals surface area contributed by atoms with Gasteiger partial charge in [-0.3, -0.25) is 0 Å². The van der Waals surface area contributed by atoms with Gasteiger partial charge in [-0.2, -0.15) is 0 Å². The van der Waals surface area contributed by atoms with Crippen molar-refractivity contribution in [2.45, 2.75) is 13.5 Å². The van der Waals surface area contributed by atoms with Gasteiger partial charge in [-0.15, -0.1) is 11.3 Å². The van der Waals surface area contributed by atoms with Gasteiger partial charge >= 0.3 is 5.97 Å².